The topological polar surface area (TPSA) is 43.8 Å². The third-order valence-electron chi connectivity index (χ3n) is 3.98. The lowest BCUT2D eigenvalue weighted by molar-refractivity contribution is 0.419. The molecule has 0 aliphatic heterocycles. The predicted molar refractivity (Wildman–Crippen MR) is 70.9 cm³/mol. The standard InChI is InChI=1S/C14H25N3/c1-10(2)13(7-15)14-8-16-9-17(14)11(3)6-12-4-5-12/h8-13H,4-7,15H2,1-3H3. The van der Waals surface area contributed by atoms with Gasteiger partial charge in [-0.1, -0.05) is 26.7 Å². The summed E-state index contributed by atoms with van der Waals surface area (Å²) in [7, 11) is 0. The van der Waals surface area contributed by atoms with Gasteiger partial charge in [0, 0.05) is 30.4 Å². The van der Waals surface area contributed by atoms with E-state index in [0.717, 1.165) is 5.92 Å². The lowest BCUT2D eigenvalue weighted by Crippen LogP contribution is -2.22. The number of hydrogen-bond acceptors (Lipinski definition) is 2. The second kappa shape index (κ2) is 5.21. The van der Waals surface area contributed by atoms with Crippen molar-refractivity contribution in [3.05, 3.63) is 18.2 Å². The fraction of sp³-hybridized carbons (Fsp3) is 0.786. The SMILES string of the molecule is CC(C)C(CN)c1cncn1C(C)CC1CC1. The minimum Gasteiger partial charge on any atom is -0.331 e. The van der Waals surface area contributed by atoms with Gasteiger partial charge in [0.1, 0.15) is 0 Å². The molecule has 1 aromatic rings. The Balaban J connectivity index is 2.13. The fourth-order valence-corrected chi connectivity index (χ4v) is 2.65. The first kappa shape index (κ1) is 12.6. The van der Waals surface area contributed by atoms with Gasteiger partial charge < -0.3 is 10.3 Å². The molecule has 1 aliphatic rings. The van der Waals surface area contributed by atoms with Gasteiger partial charge in [-0.25, -0.2) is 4.98 Å². The van der Waals surface area contributed by atoms with Crippen LogP contribution in [0.25, 0.3) is 0 Å². The van der Waals surface area contributed by atoms with E-state index in [-0.39, 0.29) is 0 Å². The molecule has 1 heterocycles. The number of hydrogen-bond donors (Lipinski definition) is 1. The predicted octanol–water partition coefficient (Wildman–Crippen LogP) is 2.94. The first-order valence-electron chi connectivity index (χ1n) is 6.85. The molecule has 2 N–H and O–H groups in total. The van der Waals surface area contributed by atoms with Crippen LogP contribution in [0, 0.1) is 11.8 Å². The van der Waals surface area contributed by atoms with Gasteiger partial charge in [0.25, 0.3) is 0 Å². The van der Waals surface area contributed by atoms with E-state index in [1.165, 1.54) is 25.0 Å². The Hall–Kier alpha value is -0.830. The smallest absolute Gasteiger partial charge is 0.0950 e. The number of nitrogens with two attached hydrogens (primary N) is 1. The van der Waals surface area contributed by atoms with Crippen molar-refractivity contribution in [1.29, 1.82) is 0 Å². The summed E-state index contributed by atoms with van der Waals surface area (Å²) in [5.41, 5.74) is 7.22. The molecule has 0 saturated heterocycles. The molecular weight excluding hydrogens is 210 g/mol. The van der Waals surface area contributed by atoms with Gasteiger partial charge in [-0.3, -0.25) is 0 Å². The Labute approximate surface area is 104 Å². The van der Waals surface area contributed by atoms with Crippen molar-refractivity contribution in [2.75, 3.05) is 6.54 Å². The molecule has 17 heavy (non-hydrogen) atoms. The lowest BCUT2D eigenvalue weighted by atomic mass is 9.92. The third kappa shape index (κ3) is 2.89. The van der Waals surface area contributed by atoms with Crippen LogP contribution in [0.2, 0.25) is 0 Å². The van der Waals surface area contributed by atoms with Gasteiger partial charge >= 0.3 is 0 Å². The van der Waals surface area contributed by atoms with Gasteiger partial charge in [0.2, 0.25) is 0 Å². The minimum absolute atomic E-state index is 0.430. The van der Waals surface area contributed by atoms with E-state index in [1.807, 2.05) is 12.5 Å². The molecule has 1 fully saturated rings. The summed E-state index contributed by atoms with van der Waals surface area (Å²) < 4.78 is 2.34. The summed E-state index contributed by atoms with van der Waals surface area (Å²) in [5, 5.41) is 0. The minimum atomic E-state index is 0.430. The number of imidazole rings is 1. The van der Waals surface area contributed by atoms with E-state index in [2.05, 4.69) is 30.3 Å². The fourth-order valence-electron chi connectivity index (χ4n) is 2.65. The molecule has 0 bridgehead atoms. The van der Waals surface area contributed by atoms with Gasteiger partial charge in [0.05, 0.1) is 6.33 Å². The monoisotopic (exact) mass is 235 g/mol. The van der Waals surface area contributed by atoms with E-state index in [1.54, 1.807) is 0 Å². The summed E-state index contributed by atoms with van der Waals surface area (Å²) in [6.45, 7) is 7.48. The number of nitrogens with zero attached hydrogens (tertiary/aromatic N) is 2. The lowest BCUT2D eigenvalue weighted by Gasteiger charge is -2.24. The van der Waals surface area contributed by atoms with Crippen LogP contribution in [-0.2, 0) is 0 Å². The highest BCUT2D eigenvalue weighted by molar-refractivity contribution is 5.09. The molecule has 3 nitrogen and oxygen atoms in total. The Morgan fingerprint density at radius 3 is 2.65 bits per heavy atom. The largest absolute Gasteiger partial charge is 0.331 e. The van der Waals surface area contributed by atoms with E-state index in [4.69, 9.17) is 5.73 Å². The molecule has 96 valence electrons. The third-order valence-corrected chi connectivity index (χ3v) is 3.98. The Morgan fingerprint density at radius 1 is 1.41 bits per heavy atom. The molecular formula is C14H25N3. The van der Waals surface area contributed by atoms with Crippen LogP contribution in [-0.4, -0.2) is 16.1 Å². The zero-order chi connectivity index (χ0) is 12.4. The summed E-state index contributed by atoms with van der Waals surface area (Å²) in [4.78, 5) is 4.33. The average molecular weight is 235 g/mol. The van der Waals surface area contributed by atoms with Gasteiger partial charge in [0.15, 0.2) is 0 Å². The molecule has 0 aromatic carbocycles. The normalized spacial score (nSPS) is 19.6. The van der Waals surface area contributed by atoms with E-state index in [0.29, 0.717) is 24.4 Å². The highest BCUT2D eigenvalue weighted by Gasteiger charge is 2.26. The molecule has 2 atom stereocenters. The molecule has 0 radical (unpaired) electrons. The Bertz CT molecular complexity index is 352. The van der Waals surface area contributed by atoms with Crippen LogP contribution in [0.3, 0.4) is 0 Å². The van der Waals surface area contributed by atoms with Crippen LogP contribution in [0.1, 0.15) is 57.7 Å². The van der Waals surface area contributed by atoms with Crippen LogP contribution < -0.4 is 5.73 Å². The highest BCUT2D eigenvalue weighted by atomic mass is 15.1. The highest BCUT2D eigenvalue weighted by Crippen LogP contribution is 2.37. The van der Waals surface area contributed by atoms with Gasteiger partial charge in [-0.15, -0.1) is 0 Å². The van der Waals surface area contributed by atoms with E-state index in [9.17, 15) is 0 Å². The van der Waals surface area contributed by atoms with Crippen molar-refractivity contribution in [3.8, 4) is 0 Å². The summed E-state index contributed by atoms with van der Waals surface area (Å²) in [6, 6.07) is 0.563. The van der Waals surface area contributed by atoms with Crippen molar-refractivity contribution >= 4 is 0 Å². The zero-order valence-electron chi connectivity index (χ0n) is 11.3. The van der Waals surface area contributed by atoms with Crippen LogP contribution in [0.15, 0.2) is 12.5 Å². The maximum atomic E-state index is 5.91. The van der Waals surface area contributed by atoms with Crippen molar-refractivity contribution in [3.63, 3.8) is 0 Å². The molecule has 0 amide bonds. The summed E-state index contributed by atoms with van der Waals surface area (Å²) in [5.74, 6) is 1.96. The van der Waals surface area contributed by atoms with Crippen molar-refractivity contribution < 1.29 is 0 Å². The second-order valence-corrected chi connectivity index (χ2v) is 5.84. The van der Waals surface area contributed by atoms with Crippen molar-refractivity contribution in [2.45, 2.75) is 52.0 Å². The molecule has 1 aromatic heterocycles. The Morgan fingerprint density at radius 2 is 2.12 bits per heavy atom. The molecule has 3 heteroatoms. The number of rotatable bonds is 6. The van der Waals surface area contributed by atoms with Crippen molar-refractivity contribution in [1.82, 2.24) is 9.55 Å². The van der Waals surface area contributed by atoms with E-state index >= 15 is 0 Å². The Kier molecular flexibility index (Phi) is 3.87. The van der Waals surface area contributed by atoms with Crippen molar-refractivity contribution in [2.24, 2.45) is 17.6 Å². The van der Waals surface area contributed by atoms with Crippen LogP contribution in [0.4, 0.5) is 0 Å². The summed E-state index contributed by atoms with van der Waals surface area (Å²) >= 11 is 0. The molecule has 2 unspecified atom stereocenters. The quantitative estimate of drug-likeness (QED) is 0.824. The average Bonchev–Trinajstić information content (AvgIpc) is 2.95. The molecule has 0 spiro atoms. The maximum Gasteiger partial charge on any atom is 0.0950 e. The first-order chi connectivity index (χ1) is 8.13. The molecule has 1 aliphatic carbocycles. The zero-order valence-corrected chi connectivity index (χ0v) is 11.3. The summed E-state index contributed by atoms with van der Waals surface area (Å²) in [6.07, 6.45) is 8.10. The van der Waals surface area contributed by atoms with Crippen LogP contribution >= 0.6 is 0 Å². The molecule has 1 saturated carbocycles. The molecule has 2 rings (SSSR count). The van der Waals surface area contributed by atoms with Gasteiger partial charge in [-0.05, 0) is 25.2 Å². The van der Waals surface area contributed by atoms with Gasteiger partial charge in [-0.2, -0.15) is 0 Å². The second-order valence-electron chi connectivity index (χ2n) is 5.84. The first-order valence-corrected chi connectivity index (χ1v) is 6.85. The van der Waals surface area contributed by atoms with E-state index < -0.39 is 0 Å². The number of aromatic nitrogens is 2. The van der Waals surface area contributed by atoms with Crippen LogP contribution in [0.5, 0.6) is 0 Å². The maximum absolute atomic E-state index is 5.91.